The average Bonchev–Trinajstić information content (AvgIpc) is 3.53. The number of aromatic nitrogens is 5. The van der Waals surface area contributed by atoms with Crippen LogP contribution in [0.2, 0.25) is 0 Å². The number of ether oxygens (including phenoxy) is 1. The van der Waals surface area contributed by atoms with Crippen LogP contribution in [0.3, 0.4) is 0 Å². The van der Waals surface area contributed by atoms with E-state index in [9.17, 15) is 4.39 Å². The van der Waals surface area contributed by atoms with Gasteiger partial charge in [-0.25, -0.2) is 19.3 Å². The number of aromatic amines is 1. The van der Waals surface area contributed by atoms with Crippen molar-refractivity contribution in [2.45, 2.75) is 31.3 Å². The van der Waals surface area contributed by atoms with Crippen molar-refractivity contribution in [1.82, 2.24) is 30.2 Å². The van der Waals surface area contributed by atoms with Crippen molar-refractivity contribution in [3.8, 4) is 28.4 Å². The van der Waals surface area contributed by atoms with E-state index < -0.39 is 0 Å². The number of nitrogens with one attached hydrogen (secondary N) is 3. The first-order chi connectivity index (χ1) is 18.2. The molecule has 0 amide bonds. The average molecular weight is 496 g/mol. The number of hydrogen-bond acceptors (Lipinski definition) is 7. The molecule has 9 heteroatoms. The molecular formula is C28H26FN7O. The molecule has 2 fully saturated rings. The zero-order valence-electron chi connectivity index (χ0n) is 20.4. The van der Waals surface area contributed by atoms with Crippen LogP contribution >= 0.6 is 0 Å². The lowest BCUT2D eigenvalue weighted by atomic mass is 10.1. The first kappa shape index (κ1) is 22.1. The summed E-state index contributed by atoms with van der Waals surface area (Å²) >= 11 is 0. The van der Waals surface area contributed by atoms with Gasteiger partial charge in [-0.05, 0) is 55.5 Å². The largest absolute Gasteiger partial charge is 0.486 e. The van der Waals surface area contributed by atoms with Gasteiger partial charge in [0, 0.05) is 42.5 Å². The highest BCUT2D eigenvalue weighted by molar-refractivity contribution is 6.03. The molecule has 0 spiro atoms. The van der Waals surface area contributed by atoms with Crippen LogP contribution in [0.25, 0.3) is 44.6 Å². The summed E-state index contributed by atoms with van der Waals surface area (Å²) in [6.07, 6.45) is 8.59. The third-order valence-electron chi connectivity index (χ3n) is 7.22. The second-order valence-corrected chi connectivity index (χ2v) is 9.67. The maximum Gasteiger partial charge on any atom is 0.163 e. The molecule has 186 valence electrons. The lowest BCUT2D eigenvalue weighted by Crippen LogP contribution is -2.19. The fourth-order valence-electron chi connectivity index (χ4n) is 5.25. The zero-order valence-corrected chi connectivity index (χ0v) is 20.4. The van der Waals surface area contributed by atoms with E-state index in [0.717, 1.165) is 60.0 Å². The molecule has 1 aliphatic carbocycles. The van der Waals surface area contributed by atoms with Gasteiger partial charge < -0.3 is 20.4 Å². The number of H-pyrrole nitrogens is 1. The smallest absolute Gasteiger partial charge is 0.163 e. The van der Waals surface area contributed by atoms with Gasteiger partial charge in [0.25, 0.3) is 0 Å². The number of fused-ring (bicyclic) bond motifs is 2. The number of hydrogen-bond donors (Lipinski definition) is 3. The van der Waals surface area contributed by atoms with Crippen LogP contribution in [0.4, 0.5) is 10.2 Å². The highest BCUT2D eigenvalue weighted by Gasteiger charge is 2.29. The number of pyridine rings is 2. The summed E-state index contributed by atoms with van der Waals surface area (Å²) in [6.45, 7) is 1.60. The Balaban J connectivity index is 1.47. The summed E-state index contributed by atoms with van der Waals surface area (Å²) in [5, 5.41) is 8.36. The Morgan fingerprint density at radius 2 is 1.92 bits per heavy atom. The normalized spacial score (nSPS) is 17.5. The van der Waals surface area contributed by atoms with E-state index in [1.165, 1.54) is 11.6 Å². The van der Waals surface area contributed by atoms with Gasteiger partial charge in [0.15, 0.2) is 11.6 Å². The van der Waals surface area contributed by atoms with Gasteiger partial charge >= 0.3 is 0 Å². The van der Waals surface area contributed by atoms with Crippen LogP contribution in [0.15, 0.2) is 48.9 Å². The van der Waals surface area contributed by atoms with Gasteiger partial charge in [0.05, 0.1) is 22.8 Å². The molecule has 1 saturated carbocycles. The third kappa shape index (κ3) is 3.77. The van der Waals surface area contributed by atoms with Gasteiger partial charge in [-0.15, -0.1) is 0 Å². The number of benzene rings is 1. The van der Waals surface area contributed by atoms with E-state index in [-0.39, 0.29) is 11.9 Å². The molecule has 1 aromatic carbocycles. The van der Waals surface area contributed by atoms with Crippen molar-refractivity contribution in [3.63, 3.8) is 0 Å². The van der Waals surface area contributed by atoms with E-state index >= 15 is 0 Å². The van der Waals surface area contributed by atoms with Gasteiger partial charge in [0.1, 0.15) is 23.4 Å². The van der Waals surface area contributed by atoms with Gasteiger partial charge in [-0.3, -0.25) is 4.98 Å². The lowest BCUT2D eigenvalue weighted by Gasteiger charge is -2.16. The van der Waals surface area contributed by atoms with Gasteiger partial charge in [-0.1, -0.05) is 12.1 Å². The highest BCUT2D eigenvalue weighted by atomic mass is 19.1. The van der Waals surface area contributed by atoms with E-state index in [2.05, 4.69) is 25.6 Å². The molecule has 5 heterocycles. The summed E-state index contributed by atoms with van der Waals surface area (Å²) in [6, 6.07) is 8.58. The minimum Gasteiger partial charge on any atom is -0.486 e. The Labute approximate surface area is 212 Å². The molecule has 5 aromatic rings. The minimum absolute atomic E-state index is 0.0340. The number of anilines is 1. The van der Waals surface area contributed by atoms with Crippen LogP contribution < -0.4 is 15.4 Å². The molecule has 8 nitrogen and oxygen atoms in total. The van der Waals surface area contributed by atoms with Crippen LogP contribution in [-0.2, 0) is 0 Å². The standard InChI is InChI=1S/C28H26FN7O/c1-30-27-22-19(15-6-7-15)13-32-14-21(22)34-26(36-27)18-9-11-33-28-23(18)25(37-16-8-10-31-12-16)24(35-28)17-4-2-3-5-20(17)29/h2-5,9,11,13-16,31H,6-8,10,12H2,1H3,(H,33,35)(H,30,34,36)/t16-/m0/s1. The Morgan fingerprint density at radius 1 is 1.03 bits per heavy atom. The molecular weight excluding hydrogens is 469 g/mol. The lowest BCUT2D eigenvalue weighted by molar-refractivity contribution is 0.227. The Bertz CT molecular complexity index is 1640. The van der Waals surface area contributed by atoms with Crippen molar-refractivity contribution in [3.05, 3.63) is 60.3 Å². The fourth-order valence-corrected chi connectivity index (χ4v) is 5.25. The van der Waals surface area contributed by atoms with Crippen LogP contribution in [0.1, 0.15) is 30.7 Å². The molecule has 37 heavy (non-hydrogen) atoms. The Kier molecular flexibility index (Phi) is 5.24. The number of nitrogens with zero attached hydrogens (tertiary/aromatic N) is 4. The molecule has 1 saturated heterocycles. The van der Waals surface area contributed by atoms with Crippen molar-refractivity contribution in [1.29, 1.82) is 0 Å². The van der Waals surface area contributed by atoms with E-state index in [0.29, 0.717) is 34.4 Å². The summed E-state index contributed by atoms with van der Waals surface area (Å²) < 4.78 is 21.5. The van der Waals surface area contributed by atoms with Crippen molar-refractivity contribution >= 4 is 27.8 Å². The predicted molar refractivity (Wildman–Crippen MR) is 141 cm³/mol. The minimum atomic E-state index is -0.330. The van der Waals surface area contributed by atoms with E-state index in [4.69, 9.17) is 14.7 Å². The monoisotopic (exact) mass is 495 g/mol. The maximum atomic E-state index is 15.0. The van der Waals surface area contributed by atoms with E-state index in [1.807, 2.05) is 25.4 Å². The molecule has 2 aliphatic rings. The third-order valence-corrected chi connectivity index (χ3v) is 7.22. The van der Waals surface area contributed by atoms with Crippen LogP contribution in [-0.4, -0.2) is 51.2 Å². The van der Waals surface area contributed by atoms with Crippen molar-refractivity contribution < 1.29 is 9.13 Å². The predicted octanol–water partition coefficient (Wildman–Crippen LogP) is 5.03. The second kappa shape index (κ2) is 8.77. The first-order valence-electron chi connectivity index (χ1n) is 12.7. The molecule has 7 rings (SSSR count). The van der Waals surface area contributed by atoms with Crippen molar-refractivity contribution in [2.75, 3.05) is 25.5 Å². The van der Waals surface area contributed by atoms with Crippen molar-refractivity contribution in [2.24, 2.45) is 0 Å². The molecule has 3 N–H and O–H groups in total. The summed E-state index contributed by atoms with van der Waals surface area (Å²) in [5.41, 5.74) is 4.33. The molecule has 1 aliphatic heterocycles. The fraction of sp³-hybridized carbons (Fsp3) is 0.286. The Hall–Kier alpha value is -4.11. The highest BCUT2D eigenvalue weighted by Crippen LogP contribution is 2.45. The Morgan fingerprint density at radius 3 is 2.70 bits per heavy atom. The number of halogens is 1. The quantitative estimate of drug-likeness (QED) is 0.304. The van der Waals surface area contributed by atoms with Crippen LogP contribution in [0, 0.1) is 5.82 Å². The summed E-state index contributed by atoms with van der Waals surface area (Å²) in [7, 11) is 1.87. The van der Waals surface area contributed by atoms with E-state index in [1.54, 1.807) is 24.5 Å². The molecule has 1 atom stereocenters. The molecule has 4 aromatic heterocycles. The number of rotatable bonds is 6. The SMILES string of the molecule is CNc1nc(-c2ccnc3[nH]c(-c4ccccc4F)c(O[C@H]4CCNC4)c23)nc2cncc(C3CC3)c12. The zero-order chi connectivity index (χ0) is 24.9. The van der Waals surface area contributed by atoms with Crippen LogP contribution in [0.5, 0.6) is 5.75 Å². The van der Waals surface area contributed by atoms with Gasteiger partial charge in [0.2, 0.25) is 0 Å². The molecule has 0 bridgehead atoms. The molecule has 0 radical (unpaired) electrons. The maximum absolute atomic E-state index is 15.0. The topological polar surface area (TPSA) is 101 Å². The van der Waals surface area contributed by atoms with Gasteiger partial charge in [-0.2, -0.15) is 0 Å². The molecule has 0 unspecified atom stereocenters. The summed E-state index contributed by atoms with van der Waals surface area (Å²) in [4.78, 5) is 22.3. The second-order valence-electron chi connectivity index (χ2n) is 9.67. The summed E-state index contributed by atoms with van der Waals surface area (Å²) in [5.74, 6) is 2.05. The first-order valence-corrected chi connectivity index (χ1v) is 12.7.